The first-order valence-corrected chi connectivity index (χ1v) is 8.41. The van der Waals surface area contributed by atoms with Crippen LogP contribution in [0.4, 0.5) is 13.2 Å². The Morgan fingerprint density at radius 3 is 2.52 bits per heavy atom. The molecule has 0 bridgehead atoms. The van der Waals surface area contributed by atoms with E-state index in [0.29, 0.717) is 36.3 Å². The number of rotatable bonds is 7. The molecule has 0 unspecified atom stereocenters. The molecule has 0 amide bonds. The van der Waals surface area contributed by atoms with Crippen LogP contribution in [0, 0.1) is 5.41 Å². The first-order chi connectivity index (χ1) is 10.8. The van der Waals surface area contributed by atoms with E-state index < -0.39 is 11.6 Å². The van der Waals surface area contributed by atoms with Crippen LogP contribution in [0.15, 0.2) is 12.4 Å². The number of aromatic nitrogens is 1. The minimum absolute atomic E-state index is 0.107. The van der Waals surface area contributed by atoms with E-state index in [2.05, 4.69) is 4.98 Å². The van der Waals surface area contributed by atoms with Crippen molar-refractivity contribution in [3.05, 3.63) is 28.5 Å². The Morgan fingerprint density at radius 1 is 1.30 bits per heavy atom. The van der Waals surface area contributed by atoms with Gasteiger partial charge in [-0.1, -0.05) is 31.4 Å². The number of nitrogens with zero attached hydrogens (tertiary/aromatic N) is 1. The molecule has 128 valence electrons. The molecule has 0 atom stereocenters. The van der Waals surface area contributed by atoms with Crippen molar-refractivity contribution in [2.75, 3.05) is 0 Å². The normalized spacial score (nSPS) is 16.9. The third-order valence-corrected chi connectivity index (χ3v) is 5.15. The number of halogens is 4. The topological polar surface area (TPSA) is 30.0 Å². The standard InChI is InChI=1S/C17H21ClF3NO/c1-2-12-10-22-11-13(18)15(12)14(23)6-3-4-7-16(8-5-9-16)17(19,20)21/h10-11H,2-9H2,1H3. The van der Waals surface area contributed by atoms with Crippen molar-refractivity contribution < 1.29 is 18.0 Å². The van der Waals surface area contributed by atoms with Crippen LogP contribution in [0.5, 0.6) is 0 Å². The highest BCUT2D eigenvalue weighted by molar-refractivity contribution is 6.34. The molecule has 0 radical (unpaired) electrons. The van der Waals surface area contributed by atoms with Gasteiger partial charge in [-0.3, -0.25) is 9.78 Å². The molecule has 2 rings (SSSR count). The van der Waals surface area contributed by atoms with Gasteiger partial charge in [0.15, 0.2) is 5.78 Å². The van der Waals surface area contributed by atoms with Crippen LogP contribution >= 0.6 is 11.6 Å². The largest absolute Gasteiger partial charge is 0.394 e. The average molecular weight is 348 g/mol. The van der Waals surface area contributed by atoms with Crippen LogP contribution in [0.2, 0.25) is 5.02 Å². The van der Waals surface area contributed by atoms with Gasteiger partial charge in [-0.2, -0.15) is 13.2 Å². The lowest BCUT2D eigenvalue weighted by Gasteiger charge is -2.43. The van der Waals surface area contributed by atoms with E-state index >= 15 is 0 Å². The molecule has 0 spiro atoms. The fourth-order valence-electron chi connectivity index (χ4n) is 3.21. The van der Waals surface area contributed by atoms with Crippen molar-refractivity contribution in [3.8, 4) is 0 Å². The maximum atomic E-state index is 13.1. The number of carbonyl (C=O) groups is 1. The highest BCUT2D eigenvalue weighted by Gasteiger charge is 2.57. The lowest BCUT2D eigenvalue weighted by molar-refractivity contribution is -0.253. The second-order valence-electron chi connectivity index (χ2n) is 6.27. The Morgan fingerprint density at radius 2 is 2.00 bits per heavy atom. The van der Waals surface area contributed by atoms with E-state index in [-0.39, 0.29) is 31.5 Å². The molecular weight excluding hydrogens is 327 g/mol. The smallest absolute Gasteiger partial charge is 0.294 e. The summed E-state index contributed by atoms with van der Waals surface area (Å²) in [6.07, 6.45) is 1.87. The molecule has 1 aliphatic rings. The highest BCUT2D eigenvalue weighted by atomic mass is 35.5. The summed E-state index contributed by atoms with van der Waals surface area (Å²) >= 11 is 6.05. The molecule has 1 aromatic heterocycles. The third kappa shape index (κ3) is 3.87. The second kappa shape index (κ2) is 7.20. The molecule has 0 aromatic carbocycles. The average Bonchev–Trinajstić information content (AvgIpc) is 2.43. The van der Waals surface area contributed by atoms with Gasteiger partial charge >= 0.3 is 6.18 Å². The van der Waals surface area contributed by atoms with Crippen LogP contribution < -0.4 is 0 Å². The number of ketones is 1. The second-order valence-corrected chi connectivity index (χ2v) is 6.68. The number of pyridine rings is 1. The van der Waals surface area contributed by atoms with Crippen LogP contribution in [-0.2, 0) is 6.42 Å². The number of hydrogen-bond acceptors (Lipinski definition) is 2. The summed E-state index contributed by atoms with van der Waals surface area (Å²) < 4.78 is 39.2. The Balaban J connectivity index is 1.89. The molecule has 1 saturated carbocycles. The summed E-state index contributed by atoms with van der Waals surface area (Å²) in [5, 5.41) is 0.320. The summed E-state index contributed by atoms with van der Waals surface area (Å²) in [7, 11) is 0. The summed E-state index contributed by atoms with van der Waals surface area (Å²) in [5.41, 5.74) is -0.245. The number of unbranched alkanes of at least 4 members (excludes halogenated alkanes) is 1. The SMILES string of the molecule is CCc1cncc(Cl)c1C(=O)CCCCC1(C(F)(F)F)CCC1. The van der Waals surface area contributed by atoms with Gasteiger partial charge < -0.3 is 0 Å². The van der Waals surface area contributed by atoms with Gasteiger partial charge in [-0.25, -0.2) is 0 Å². The number of aryl methyl sites for hydroxylation is 1. The Hall–Kier alpha value is -1.10. The first-order valence-electron chi connectivity index (χ1n) is 8.03. The zero-order valence-electron chi connectivity index (χ0n) is 13.2. The molecule has 1 aliphatic carbocycles. The lowest BCUT2D eigenvalue weighted by Crippen LogP contribution is -2.43. The highest BCUT2D eigenvalue weighted by Crippen LogP contribution is 2.56. The molecular formula is C17H21ClF3NO. The molecule has 6 heteroatoms. The minimum Gasteiger partial charge on any atom is -0.294 e. The fourth-order valence-corrected chi connectivity index (χ4v) is 3.49. The van der Waals surface area contributed by atoms with Crippen molar-refractivity contribution in [2.24, 2.45) is 5.41 Å². The summed E-state index contributed by atoms with van der Waals surface area (Å²) in [6.45, 7) is 1.91. The quantitative estimate of drug-likeness (QED) is 0.462. The monoisotopic (exact) mass is 347 g/mol. The summed E-state index contributed by atoms with van der Waals surface area (Å²) in [6, 6.07) is 0. The number of Topliss-reactive ketones (excluding diaryl/α,β-unsaturated/α-hetero) is 1. The molecule has 0 aliphatic heterocycles. The molecule has 2 nitrogen and oxygen atoms in total. The van der Waals surface area contributed by atoms with Crippen LogP contribution in [0.3, 0.4) is 0 Å². The van der Waals surface area contributed by atoms with E-state index in [1.165, 1.54) is 6.20 Å². The van der Waals surface area contributed by atoms with Crippen molar-refractivity contribution in [3.63, 3.8) is 0 Å². The van der Waals surface area contributed by atoms with Gasteiger partial charge in [0.1, 0.15) is 0 Å². The van der Waals surface area contributed by atoms with E-state index in [9.17, 15) is 18.0 Å². The fraction of sp³-hybridized carbons (Fsp3) is 0.647. The molecule has 1 fully saturated rings. The number of hydrogen-bond donors (Lipinski definition) is 0. The van der Waals surface area contributed by atoms with Gasteiger partial charge in [-0.15, -0.1) is 0 Å². The Kier molecular flexibility index (Phi) is 5.71. The van der Waals surface area contributed by atoms with Gasteiger partial charge in [0.2, 0.25) is 0 Å². The minimum atomic E-state index is -4.13. The zero-order chi connectivity index (χ0) is 17.1. The number of carbonyl (C=O) groups excluding carboxylic acids is 1. The Labute approximate surface area is 139 Å². The predicted molar refractivity (Wildman–Crippen MR) is 83.8 cm³/mol. The van der Waals surface area contributed by atoms with Gasteiger partial charge in [0.25, 0.3) is 0 Å². The van der Waals surface area contributed by atoms with E-state index in [4.69, 9.17) is 11.6 Å². The first kappa shape index (κ1) is 18.2. The number of alkyl halides is 3. The van der Waals surface area contributed by atoms with Crippen LogP contribution in [0.1, 0.15) is 67.8 Å². The van der Waals surface area contributed by atoms with Crippen molar-refractivity contribution in [1.29, 1.82) is 0 Å². The third-order valence-electron chi connectivity index (χ3n) is 4.86. The van der Waals surface area contributed by atoms with Crippen molar-refractivity contribution >= 4 is 17.4 Å². The molecule has 1 aromatic rings. The van der Waals surface area contributed by atoms with Gasteiger partial charge in [0, 0.05) is 24.4 Å². The van der Waals surface area contributed by atoms with E-state index in [1.54, 1.807) is 6.20 Å². The zero-order valence-corrected chi connectivity index (χ0v) is 13.9. The predicted octanol–water partition coefficient (Wildman–Crippen LogP) is 5.77. The van der Waals surface area contributed by atoms with Crippen molar-refractivity contribution in [1.82, 2.24) is 4.98 Å². The maximum Gasteiger partial charge on any atom is 0.394 e. The van der Waals surface area contributed by atoms with Crippen molar-refractivity contribution in [2.45, 2.75) is 64.5 Å². The van der Waals surface area contributed by atoms with E-state index in [0.717, 1.165) is 5.56 Å². The van der Waals surface area contributed by atoms with E-state index in [1.807, 2.05) is 6.92 Å². The van der Waals surface area contributed by atoms with Gasteiger partial charge in [-0.05, 0) is 37.7 Å². The molecule has 23 heavy (non-hydrogen) atoms. The van der Waals surface area contributed by atoms with Gasteiger partial charge in [0.05, 0.1) is 10.4 Å². The summed E-state index contributed by atoms with van der Waals surface area (Å²) in [5.74, 6) is -0.107. The maximum absolute atomic E-state index is 13.1. The molecule has 1 heterocycles. The summed E-state index contributed by atoms with van der Waals surface area (Å²) in [4.78, 5) is 16.3. The Bertz CT molecular complexity index is 567. The molecule has 0 N–H and O–H groups in total. The van der Waals surface area contributed by atoms with Crippen LogP contribution in [0.25, 0.3) is 0 Å². The molecule has 0 saturated heterocycles. The van der Waals surface area contributed by atoms with Crippen LogP contribution in [-0.4, -0.2) is 16.9 Å². The lowest BCUT2D eigenvalue weighted by atomic mass is 9.65.